The largest absolute Gasteiger partial charge is 0.462 e. The van der Waals surface area contributed by atoms with E-state index in [4.69, 9.17) is 9.47 Å². The number of hydrogen-bond acceptors (Lipinski definition) is 7. The highest BCUT2D eigenvalue weighted by Gasteiger charge is 2.77. The molecule has 0 aromatic heterocycles. The Labute approximate surface area is 293 Å². The Morgan fingerprint density at radius 2 is 1.78 bits per heavy atom. The van der Waals surface area contributed by atoms with Crippen molar-refractivity contribution in [2.45, 2.75) is 147 Å². The van der Waals surface area contributed by atoms with Crippen LogP contribution in [0.5, 0.6) is 0 Å². The van der Waals surface area contributed by atoms with Gasteiger partial charge in [-0.05, 0) is 99.5 Å². The third-order valence-corrected chi connectivity index (χ3v) is 13.8. The summed E-state index contributed by atoms with van der Waals surface area (Å²) in [6.07, 6.45) is 10.0. The second kappa shape index (κ2) is 14.5. The van der Waals surface area contributed by atoms with Gasteiger partial charge in [0.05, 0.1) is 35.1 Å². The van der Waals surface area contributed by atoms with Gasteiger partial charge in [0.2, 0.25) is 0 Å². The van der Waals surface area contributed by atoms with Crippen LogP contribution in [0.25, 0.3) is 0 Å². The molecule has 1 aromatic carbocycles. The predicted molar refractivity (Wildman–Crippen MR) is 188 cm³/mol. The maximum atomic E-state index is 13.7. The van der Waals surface area contributed by atoms with Crippen LogP contribution in [0.2, 0.25) is 0 Å². The molecule has 9 unspecified atom stereocenters. The van der Waals surface area contributed by atoms with Crippen molar-refractivity contribution in [2.75, 3.05) is 6.61 Å². The Hall–Kier alpha value is -2.66. The molecule has 268 valence electrons. The molecule has 9 atom stereocenters. The summed E-state index contributed by atoms with van der Waals surface area (Å²) >= 11 is 0. The van der Waals surface area contributed by atoms with E-state index in [2.05, 4.69) is 50.0 Å². The number of cyclic esters (lactones) is 1. The Bertz CT molecular complexity index is 1440. The van der Waals surface area contributed by atoms with Gasteiger partial charge in [-0.2, -0.15) is 0 Å². The molecular weight excluding hydrogens is 616 g/mol. The number of carbonyl (C=O) groups excluding carboxylic acids is 2. The first-order chi connectivity index (χ1) is 23.4. The van der Waals surface area contributed by atoms with Crippen LogP contribution in [-0.4, -0.2) is 57.8 Å². The second-order valence-corrected chi connectivity index (χ2v) is 16.7. The van der Waals surface area contributed by atoms with E-state index in [0.717, 1.165) is 63.4 Å². The van der Waals surface area contributed by atoms with Gasteiger partial charge in [-0.15, -0.1) is 5.92 Å². The number of rotatable bonds is 12. The molecular formula is C42H58O7. The summed E-state index contributed by atoms with van der Waals surface area (Å²) in [6, 6.07) is 10.5. The zero-order chi connectivity index (χ0) is 34.9. The third-order valence-electron chi connectivity index (χ3n) is 13.8. The number of benzene rings is 1. The van der Waals surface area contributed by atoms with Crippen LogP contribution in [-0.2, 0) is 25.5 Å². The molecule has 2 bridgehead atoms. The van der Waals surface area contributed by atoms with Crippen molar-refractivity contribution in [3.8, 4) is 11.8 Å². The molecule has 3 aliphatic carbocycles. The monoisotopic (exact) mass is 674 g/mol. The second-order valence-electron chi connectivity index (χ2n) is 16.7. The average molecular weight is 675 g/mol. The average Bonchev–Trinajstić information content (AvgIpc) is 3.78. The lowest BCUT2D eigenvalue weighted by Gasteiger charge is -2.71. The summed E-state index contributed by atoms with van der Waals surface area (Å²) in [6.45, 7) is 6.64. The maximum absolute atomic E-state index is 13.7. The van der Waals surface area contributed by atoms with Gasteiger partial charge in [-0.25, -0.2) is 4.79 Å². The molecule has 3 N–H and O–H groups in total. The topological polar surface area (TPSA) is 113 Å². The molecule has 0 spiro atoms. The molecule has 2 heterocycles. The van der Waals surface area contributed by atoms with Crippen molar-refractivity contribution in [2.24, 2.45) is 34.0 Å². The third kappa shape index (κ3) is 6.63. The van der Waals surface area contributed by atoms with Crippen molar-refractivity contribution in [3.05, 3.63) is 47.5 Å². The van der Waals surface area contributed by atoms with Crippen molar-refractivity contribution >= 4 is 11.9 Å². The predicted octanol–water partition coefficient (Wildman–Crippen LogP) is 6.85. The lowest BCUT2D eigenvalue weighted by molar-refractivity contribution is -0.337. The standard InChI is InChI=1S/C42H58O7/c1-29(12-11-15-30-13-5-4-6-14-30)19-20-34(43)42-35(44)22-24-40(3,32-16-7-8-17-32)38(42)33-27-39(2,23-10-9-18-36(45)49-33)41(42,47)25-21-31-26-37(46)48-28-31/h4-6,13-14,26,29,32-35,38,43-44,47H,7-9,11-12,15-22,24-25,27-28H2,1-3H3. The van der Waals surface area contributed by atoms with E-state index in [9.17, 15) is 24.9 Å². The highest BCUT2D eigenvalue weighted by Crippen LogP contribution is 2.71. The first kappa shape index (κ1) is 36.1. The highest BCUT2D eigenvalue weighted by atomic mass is 16.5. The van der Waals surface area contributed by atoms with E-state index in [1.54, 1.807) is 0 Å². The molecule has 6 rings (SSSR count). The number of aliphatic hydroxyl groups excluding tert-OH is 2. The molecule has 0 saturated heterocycles. The van der Waals surface area contributed by atoms with Crippen molar-refractivity contribution in [3.63, 3.8) is 0 Å². The fourth-order valence-corrected chi connectivity index (χ4v) is 11.2. The van der Waals surface area contributed by atoms with Crippen LogP contribution >= 0.6 is 0 Å². The van der Waals surface area contributed by atoms with Crippen molar-refractivity contribution in [1.29, 1.82) is 0 Å². The van der Waals surface area contributed by atoms with Crippen LogP contribution in [0.3, 0.4) is 0 Å². The summed E-state index contributed by atoms with van der Waals surface area (Å²) in [7, 11) is 0. The van der Waals surface area contributed by atoms with E-state index in [0.29, 0.717) is 43.9 Å². The quantitative estimate of drug-likeness (QED) is 0.164. The molecule has 0 radical (unpaired) electrons. The normalized spacial score (nSPS) is 37.3. The maximum Gasteiger partial charge on any atom is 0.331 e. The summed E-state index contributed by atoms with van der Waals surface area (Å²) in [5, 5.41) is 39.2. The summed E-state index contributed by atoms with van der Waals surface area (Å²) < 4.78 is 11.7. The molecule has 2 aliphatic heterocycles. The zero-order valence-corrected chi connectivity index (χ0v) is 29.9. The van der Waals surface area contributed by atoms with Gasteiger partial charge < -0.3 is 24.8 Å². The number of esters is 2. The first-order valence-corrected chi connectivity index (χ1v) is 19.1. The molecule has 3 fully saturated rings. The van der Waals surface area contributed by atoms with Crippen LogP contribution in [0, 0.1) is 45.8 Å². The van der Waals surface area contributed by atoms with Gasteiger partial charge in [-0.1, -0.05) is 69.4 Å². The molecule has 3 saturated carbocycles. The van der Waals surface area contributed by atoms with E-state index < -0.39 is 40.7 Å². The van der Waals surface area contributed by atoms with Crippen LogP contribution < -0.4 is 0 Å². The Morgan fingerprint density at radius 3 is 2.49 bits per heavy atom. The number of carbonyl (C=O) groups is 2. The van der Waals surface area contributed by atoms with Gasteiger partial charge in [0.1, 0.15) is 12.7 Å². The summed E-state index contributed by atoms with van der Waals surface area (Å²) in [5.41, 5.74) is -2.39. The Morgan fingerprint density at radius 1 is 1.02 bits per heavy atom. The smallest absolute Gasteiger partial charge is 0.331 e. The van der Waals surface area contributed by atoms with E-state index in [1.165, 1.54) is 11.6 Å². The van der Waals surface area contributed by atoms with Gasteiger partial charge in [0.25, 0.3) is 0 Å². The first-order valence-electron chi connectivity index (χ1n) is 19.1. The van der Waals surface area contributed by atoms with Gasteiger partial charge in [-0.3, -0.25) is 4.79 Å². The van der Waals surface area contributed by atoms with E-state index in [-0.39, 0.29) is 36.8 Å². The summed E-state index contributed by atoms with van der Waals surface area (Å²) in [4.78, 5) is 25.4. The minimum Gasteiger partial charge on any atom is -0.462 e. The summed E-state index contributed by atoms with van der Waals surface area (Å²) in [5.74, 6) is 6.16. The van der Waals surface area contributed by atoms with Crippen molar-refractivity contribution in [1.82, 2.24) is 0 Å². The fourth-order valence-electron chi connectivity index (χ4n) is 11.2. The van der Waals surface area contributed by atoms with Gasteiger partial charge in [0, 0.05) is 24.8 Å². The van der Waals surface area contributed by atoms with Crippen molar-refractivity contribution < 1.29 is 34.4 Å². The molecule has 7 heteroatoms. The number of hydrogen-bond donors (Lipinski definition) is 3. The Kier molecular flexibility index (Phi) is 10.7. The van der Waals surface area contributed by atoms with Crippen LogP contribution in [0.15, 0.2) is 42.0 Å². The lowest BCUT2D eigenvalue weighted by Crippen LogP contribution is -2.79. The zero-order valence-electron chi connectivity index (χ0n) is 29.9. The molecule has 49 heavy (non-hydrogen) atoms. The lowest BCUT2D eigenvalue weighted by atomic mass is 9.35. The van der Waals surface area contributed by atoms with Gasteiger partial charge >= 0.3 is 11.9 Å². The van der Waals surface area contributed by atoms with Crippen LogP contribution in [0.1, 0.15) is 123 Å². The molecule has 0 amide bonds. The van der Waals surface area contributed by atoms with Gasteiger partial charge in [0.15, 0.2) is 0 Å². The highest BCUT2D eigenvalue weighted by molar-refractivity contribution is 5.85. The van der Waals surface area contributed by atoms with E-state index in [1.807, 2.05) is 13.0 Å². The number of fused-ring (bicyclic) bond motifs is 4. The SMILES string of the molecule is CC(CCCc1ccccc1)CCC(O)C12C(O)CCC(C)(C3CCCC3)C1C1CC(C)(C#CCCC(=O)O1)C2(O)CCC1=CC(=O)OC1. The fraction of sp³-hybridized carbons (Fsp3) is 0.714. The van der Waals surface area contributed by atoms with Crippen LogP contribution in [0.4, 0.5) is 0 Å². The molecule has 7 nitrogen and oxygen atoms in total. The number of aliphatic hydroxyl groups is 3. The number of aryl methyl sites for hydroxylation is 1. The molecule has 1 aromatic rings. The minimum atomic E-state index is -1.65. The molecule has 5 aliphatic rings. The number of ether oxygens (including phenoxy) is 2. The Balaban J connectivity index is 1.41. The van der Waals surface area contributed by atoms with E-state index >= 15 is 0 Å². The minimum absolute atomic E-state index is 0.176.